The number of hydrogen-bond donors (Lipinski definition) is 0. The van der Waals surface area contributed by atoms with E-state index in [4.69, 9.17) is 4.74 Å². The predicted octanol–water partition coefficient (Wildman–Crippen LogP) is 2.47. The van der Waals surface area contributed by atoms with Gasteiger partial charge < -0.3 is 4.74 Å². The maximum absolute atomic E-state index is 12.1. The number of nitro groups is 1. The van der Waals surface area contributed by atoms with Crippen molar-refractivity contribution < 1.29 is 22.9 Å². The first-order valence-electron chi connectivity index (χ1n) is 7.23. The summed E-state index contributed by atoms with van der Waals surface area (Å²) < 4.78 is 28.2. The Kier molecular flexibility index (Phi) is 4.13. The molecular weight excluding hydrogens is 346 g/mol. The zero-order valence-electron chi connectivity index (χ0n) is 13.1. The minimum Gasteiger partial charge on any atom is -0.457 e. The Morgan fingerprint density at radius 3 is 2.08 bits per heavy atom. The van der Waals surface area contributed by atoms with E-state index in [0.717, 1.165) is 6.26 Å². The number of cyclic esters (lactones) is 1. The van der Waals surface area contributed by atoms with Crippen molar-refractivity contribution in [1.29, 1.82) is 0 Å². The largest absolute Gasteiger partial charge is 0.457 e. The molecule has 0 radical (unpaired) electrons. The molecule has 2 aromatic carbocycles. The van der Waals surface area contributed by atoms with Crippen LogP contribution in [0.1, 0.15) is 11.1 Å². The van der Waals surface area contributed by atoms with E-state index < -0.39 is 20.7 Å². The van der Waals surface area contributed by atoms with Gasteiger partial charge >= 0.3 is 5.97 Å². The number of carbonyl (C=O) groups is 1. The summed E-state index contributed by atoms with van der Waals surface area (Å²) in [5.74, 6) is -0.518. The molecule has 7 nitrogen and oxygen atoms in total. The summed E-state index contributed by atoms with van der Waals surface area (Å²) in [6.07, 6.45) is 1.12. The van der Waals surface area contributed by atoms with Crippen molar-refractivity contribution in [3.63, 3.8) is 0 Å². The Bertz CT molecular complexity index is 988. The molecule has 3 rings (SSSR count). The van der Waals surface area contributed by atoms with E-state index in [1.54, 1.807) is 12.1 Å². The first-order valence-corrected chi connectivity index (χ1v) is 9.12. The molecule has 8 heteroatoms. The van der Waals surface area contributed by atoms with Gasteiger partial charge in [0, 0.05) is 24.0 Å². The highest BCUT2D eigenvalue weighted by atomic mass is 32.2. The topological polar surface area (TPSA) is 104 Å². The molecule has 0 saturated heterocycles. The Morgan fingerprint density at radius 2 is 1.56 bits per heavy atom. The van der Waals surface area contributed by atoms with Crippen LogP contribution in [0.15, 0.2) is 53.4 Å². The molecule has 0 spiro atoms. The van der Waals surface area contributed by atoms with Crippen molar-refractivity contribution in [3.8, 4) is 0 Å². The molecule has 0 saturated carbocycles. The number of rotatable bonds is 4. The molecule has 0 N–H and O–H groups in total. The van der Waals surface area contributed by atoms with E-state index in [1.165, 1.54) is 36.4 Å². The van der Waals surface area contributed by atoms with Crippen LogP contribution in [0.5, 0.6) is 0 Å². The summed E-state index contributed by atoms with van der Waals surface area (Å²) in [5.41, 5.74) is 2.03. The number of benzene rings is 2. The Morgan fingerprint density at radius 1 is 1.00 bits per heavy atom. The van der Waals surface area contributed by atoms with Gasteiger partial charge in [-0.3, -0.25) is 10.1 Å². The SMILES string of the molecule is CS(=O)(=O)c1ccc(C2=C(c3ccc([N+](=O)[O-])cc3)C(=O)OC2)cc1. The molecule has 1 aliphatic rings. The first kappa shape index (κ1) is 16.8. The maximum atomic E-state index is 12.1. The summed E-state index contributed by atoms with van der Waals surface area (Å²) >= 11 is 0. The quantitative estimate of drug-likeness (QED) is 0.472. The normalized spacial score (nSPS) is 14.5. The molecule has 1 aliphatic heterocycles. The van der Waals surface area contributed by atoms with Gasteiger partial charge in [0.15, 0.2) is 9.84 Å². The molecule has 1 heterocycles. The molecule has 128 valence electrons. The molecule has 0 aliphatic carbocycles. The van der Waals surface area contributed by atoms with Gasteiger partial charge in [0.1, 0.15) is 6.61 Å². The van der Waals surface area contributed by atoms with Crippen LogP contribution in [-0.4, -0.2) is 32.2 Å². The van der Waals surface area contributed by atoms with Gasteiger partial charge in [-0.05, 0) is 35.4 Å². The van der Waals surface area contributed by atoms with Gasteiger partial charge in [-0.1, -0.05) is 12.1 Å². The molecular formula is C17H13NO6S. The highest BCUT2D eigenvalue weighted by molar-refractivity contribution is 7.90. The summed E-state index contributed by atoms with van der Waals surface area (Å²) in [5, 5.41) is 10.7. The number of carbonyl (C=O) groups excluding carboxylic acids is 1. The average Bonchev–Trinajstić information content (AvgIpc) is 2.96. The third-order valence-corrected chi connectivity index (χ3v) is 4.98. The highest BCUT2D eigenvalue weighted by Gasteiger charge is 2.27. The van der Waals surface area contributed by atoms with E-state index in [-0.39, 0.29) is 17.2 Å². The van der Waals surface area contributed by atoms with Crippen molar-refractivity contribution in [2.75, 3.05) is 12.9 Å². The van der Waals surface area contributed by atoms with Crippen molar-refractivity contribution in [2.45, 2.75) is 4.90 Å². The minimum atomic E-state index is -3.31. The van der Waals surface area contributed by atoms with Crippen LogP contribution < -0.4 is 0 Å². The van der Waals surface area contributed by atoms with Crippen molar-refractivity contribution in [1.82, 2.24) is 0 Å². The molecule has 0 unspecified atom stereocenters. The molecule has 0 atom stereocenters. The third kappa shape index (κ3) is 3.29. The van der Waals surface area contributed by atoms with Gasteiger partial charge in [0.05, 0.1) is 15.4 Å². The lowest BCUT2D eigenvalue weighted by atomic mass is 9.96. The number of hydrogen-bond acceptors (Lipinski definition) is 6. The number of non-ortho nitro benzene ring substituents is 1. The van der Waals surface area contributed by atoms with E-state index in [2.05, 4.69) is 0 Å². The van der Waals surface area contributed by atoms with Crippen LogP contribution >= 0.6 is 0 Å². The van der Waals surface area contributed by atoms with Crippen LogP contribution in [0.2, 0.25) is 0 Å². The van der Waals surface area contributed by atoms with Crippen LogP contribution in [0, 0.1) is 10.1 Å². The fraction of sp³-hybridized carbons (Fsp3) is 0.118. The van der Waals surface area contributed by atoms with Crippen LogP contribution in [0.3, 0.4) is 0 Å². The first-order chi connectivity index (χ1) is 11.8. The number of esters is 1. The average molecular weight is 359 g/mol. The van der Waals surface area contributed by atoms with Gasteiger partial charge in [-0.2, -0.15) is 0 Å². The Labute approximate surface area is 143 Å². The molecule has 2 aromatic rings. The zero-order valence-corrected chi connectivity index (χ0v) is 13.9. The van der Waals surface area contributed by atoms with Crippen LogP contribution in [0.25, 0.3) is 11.1 Å². The predicted molar refractivity (Wildman–Crippen MR) is 90.4 cm³/mol. The third-order valence-electron chi connectivity index (χ3n) is 3.85. The second-order valence-corrected chi connectivity index (χ2v) is 7.55. The van der Waals surface area contributed by atoms with Crippen molar-refractivity contribution >= 4 is 32.6 Å². The Balaban J connectivity index is 2.06. The lowest BCUT2D eigenvalue weighted by Crippen LogP contribution is -1.99. The van der Waals surface area contributed by atoms with E-state index in [0.29, 0.717) is 22.3 Å². The lowest BCUT2D eigenvalue weighted by molar-refractivity contribution is -0.384. The van der Waals surface area contributed by atoms with E-state index in [1.807, 2.05) is 0 Å². The monoisotopic (exact) mass is 359 g/mol. The van der Waals surface area contributed by atoms with E-state index >= 15 is 0 Å². The lowest BCUT2D eigenvalue weighted by Gasteiger charge is -2.06. The van der Waals surface area contributed by atoms with Crippen molar-refractivity contribution in [3.05, 3.63) is 69.8 Å². The summed E-state index contributed by atoms with van der Waals surface area (Å²) in [4.78, 5) is 22.5. The fourth-order valence-electron chi connectivity index (χ4n) is 2.58. The second-order valence-electron chi connectivity index (χ2n) is 5.53. The number of nitro benzene ring substituents is 1. The van der Waals surface area contributed by atoms with Gasteiger partial charge in [-0.15, -0.1) is 0 Å². The fourth-order valence-corrected chi connectivity index (χ4v) is 3.21. The van der Waals surface area contributed by atoms with Crippen LogP contribution in [-0.2, 0) is 19.4 Å². The van der Waals surface area contributed by atoms with Gasteiger partial charge in [-0.25, -0.2) is 13.2 Å². The maximum Gasteiger partial charge on any atom is 0.339 e. The van der Waals surface area contributed by atoms with Crippen LogP contribution in [0.4, 0.5) is 5.69 Å². The number of sulfone groups is 1. The second kappa shape index (κ2) is 6.14. The molecule has 0 fully saturated rings. The Hall–Kier alpha value is -3.00. The molecule has 25 heavy (non-hydrogen) atoms. The highest BCUT2D eigenvalue weighted by Crippen LogP contribution is 2.33. The number of ether oxygens (including phenoxy) is 1. The summed E-state index contributed by atoms with van der Waals surface area (Å²) in [6.45, 7) is 0.0589. The zero-order chi connectivity index (χ0) is 18.2. The van der Waals surface area contributed by atoms with Crippen molar-refractivity contribution in [2.24, 2.45) is 0 Å². The number of nitrogens with zero attached hydrogens (tertiary/aromatic N) is 1. The molecule has 0 bridgehead atoms. The minimum absolute atomic E-state index is 0.0589. The molecule has 0 amide bonds. The van der Waals surface area contributed by atoms with Gasteiger partial charge in [0.2, 0.25) is 0 Å². The standard InChI is InChI=1S/C17H13NO6S/c1-25(22,23)14-8-4-11(5-9-14)15-10-24-17(19)16(15)12-2-6-13(7-3-12)18(20)21/h2-9H,10H2,1H3. The van der Waals surface area contributed by atoms with Gasteiger partial charge in [0.25, 0.3) is 5.69 Å². The summed E-state index contributed by atoms with van der Waals surface area (Å²) in [6, 6.07) is 11.8. The molecule has 0 aromatic heterocycles. The summed E-state index contributed by atoms with van der Waals surface area (Å²) in [7, 11) is -3.31. The van der Waals surface area contributed by atoms with E-state index in [9.17, 15) is 23.3 Å². The smallest absolute Gasteiger partial charge is 0.339 e.